The molecule has 0 saturated heterocycles. The Labute approximate surface area is 106 Å². The van der Waals surface area contributed by atoms with Crippen LogP contribution >= 0.6 is 12.2 Å². The maximum atomic E-state index is 12.9. The lowest BCUT2D eigenvalue weighted by Crippen LogP contribution is -2.29. The number of nitrogens with one attached hydrogen (secondary N) is 2. The van der Waals surface area contributed by atoms with Crippen LogP contribution in [0.15, 0.2) is 36.1 Å². The third-order valence-corrected chi connectivity index (χ3v) is 2.18. The van der Waals surface area contributed by atoms with Crippen LogP contribution in [0.1, 0.15) is 6.92 Å². The third kappa shape index (κ3) is 5.31. The zero-order chi connectivity index (χ0) is 12.7. The number of hydrogen-bond donors (Lipinski definition) is 2. The van der Waals surface area contributed by atoms with Crippen molar-refractivity contribution in [1.29, 1.82) is 0 Å². The average Bonchev–Trinajstić information content (AvgIpc) is 2.27. The minimum atomic E-state index is -0.298. The molecule has 3 nitrogen and oxygen atoms in total. The van der Waals surface area contributed by atoms with E-state index in [1.807, 2.05) is 6.92 Å². The Kier molecular flexibility index (Phi) is 5.42. The Morgan fingerprint density at radius 3 is 2.94 bits per heavy atom. The summed E-state index contributed by atoms with van der Waals surface area (Å²) in [6, 6.07) is 6.13. The SMILES string of the molecule is CO/C=C(\C)CNC(=S)Nc1cccc(F)c1. The van der Waals surface area contributed by atoms with E-state index in [9.17, 15) is 4.39 Å². The van der Waals surface area contributed by atoms with Gasteiger partial charge in [-0.3, -0.25) is 0 Å². The number of ether oxygens (including phenoxy) is 1. The fraction of sp³-hybridized carbons (Fsp3) is 0.250. The zero-order valence-corrected chi connectivity index (χ0v) is 10.6. The number of anilines is 1. The molecule has 0 radical (unpaired) electrons. The van der Waals surface area contributed by atoms with Crippen LogP contribution < -0.4 is 10.6 Å². The first-order valence-electron chi connectivity index (χ1n) is 5.10. The first kappa shape index (κ1) is 13.4. The molecule has 0 saturated carbocycles. The van der Waals surface area contributed by atoms with Gasteiger partial charge in [-0.25, -0.2) is 4.39 Å². The van der Waals surface area contributed by atoms with Crippen molar-refractivity contribution in [2.45, 2.75) is 6.92 Å². The summed E-state index contributed by atoms with van der Waals surface area (Å²) in [4.78, 5) is 0. The van der Waals surface area contributed by atoms with E-state index in [2.05, 4.69) is 10.6 Å². The van der Waals surface area contributed by atoms with Gasteiger partial charge in [-0.05, 0) is 42.9 Å². The second-order valence-electron chi connectivity index (χ2n) is 3.52. The van der Waals surface area contributed by atoms with E-state index < -0.39 is 0 Å². The van der Waals surface area contributed by atoms with Gasteiger partial charge in [0.25, 0.3) is 0 Å². The topological polar surface area (TPSA) is 33.3 Å². The fourth-order valence-corrected chi connectivity index (χ4v) is 1.39. The molecule has 1 aromatic carbocycles. The maximum Gasteiger partial charge on any atom is 0.171 e. The molecule has 0 amide bonds. The summed E-state index contributed by atoms with van der Waals surface area (Å²) in [5.41, 5.74) is 1.63. The van der Waals surface area contributed by atoms with Gasteiger partial charge in [0.15, 0.2) is 5.11 Å². The molecule has 2 N–H and O–H groups in total. The minimum absolute atomic E-state index is 0.298. The predicted molar refractivity (Wildman–Crippen MR) is 71.4 cm³/mol. The number of thiocarbonyl (C=S) groups is 1. The highest BCUT2D eigenvalue weighted by atomic mass is 32.1. The Bertz CT molecular complexity index is 421. The lowest BCUT2D eigenvalue weighted by molar-refractivity contribution is 0.333. The molecule has 1 rings (SSSR count). The van der Waals surface area contributed by atoms with Gasteiger partial charge in [0.05, 0.1) is 13.4 Å². The number of hydrogen-bond acceptors (Lipinski definition) is 2. The largest absolute Gasteiger partial charge is 0.504 e. The molecule has 1 aromatic rings. The van der Waals surface area contributed by atoms with Crippen molar-refractivity contribution in [3.63, 3.8) is 0 Å². The van der Waals surface area contributed by atoms with Crippen LogP contribution in [0.2, 0.25) is 0 Å². The van der Waals surface area contributed by atoms with E-state index in [1.54, 1.807) is 25.5 Å². The molecule has 0 bridgehead atoms. The normalized spacial score (nSPS) is 10.9. The second kappa shape index (κ2) is 6.85. The molecule has 0 fully saturated rings. The minimum Gasteiger partial charge on any atom is -0.504 e. The van der Waals surface area contributed by atoms with Gasteiger partial charge in [-0.1, -0.05) is 6.07 Å². The van der Waals surface area contributed by atoms with Crippen LogP contribution in [0.5, 0.6) is 0 Å². The Morgan fingerprint density at radius 1 is 1.53 bits per heavy atom. The standard InChI is InChI=1S/C12H15FN2OS/c1-9(8-16-2)7-14-12(17)15-11-5-3-4-10(13)6-11/h3-6,8H,7H2,1-2H3,(H2,14,15,17)/b9-8+. The lowest BCUT2D eigenvalue weighted by Gasteiger charge is -2.10. The monoisotopic (exact) mass is 254 g/mol. The highest BCUT2D eigenvalue weighted by Crippen LogP contribution is 2.08. The van der Waals surface area contributed by atoms with E-state index in [1.165, 1.54) is 12.1 Å². The molecule has 0 spiro atoms. The first-order chi connectivity index (χ1) is 8.11. The number of methoxy groups -OCH3 is 1. The molecule has 0 aliphatic rings. The van der Waals surface area contributed by atoms with Crippen molar-refractivity contribution < 1.29 is 9.13 Å². The zero-order valence-electron chi connectivity index (χ0n) is 9.79. The van der Waals surface area contributed by atoms with E-state index in [0.29, 0.717) is 17.3 Å². The van der Waals surface area contributed by atoms with Crippen molar-refractivity contribution in [2.24, 2.45) is 0 Å². The Balaban J connectivity index is 2.42. The second-order valence-corrected chi connectivity index (χ2v) is 3.93. The summed E-state index contributed by atoms with van der Waals surface area (Å²) in [5, 5.41) is 6.32. The molecule has 0 aliphatic carbocycles. The highest BCUT2D eigenvalue weighted by molar-refractivity contribution is 7.80. The van der Waals surface area contributed by atoms with Crippen molar-refractivity contribution in [3.8, 4) is 0 Å². The predicted octanol–water partition coefficient (Wildman–Crippen LogP) is 2.66. The Hall–Kier alpha value is -1.62. The smallest absolute Gasteiger partial charge is 0.171 e. The summed E-state index contributed by atoms with van der Waals surface area (Å²) < 4.78 is 17.8. The van der Waals surface area contributed by atoms with Gasteiger partial charge in [0, 0.05) is 12.2 Å². The van der Waals surface area contributed by atoms with E-state index in [0.717, 1.165) is 5.57 Å². The molecular weight excluding hydrogens is 239 g/mol. The third-order valence-electron chi connectivity index (χ3n) is 1.93. The molecule has 0 unspecified atom stereocenters. The summed E-state index contributed by atoms with van der Waals surface area (Å²) in [6.45, 7) is 2.50. The number of halogens is 1. The van der Waals surface area contributed by atoms with E-state index in [-0.39, 0.29) is 5.82 Å². The van der Waals surface area contributed by atoms with Crippen LogP contribution in [0.3, 0.4) is 0 Å². The Morgan fingerprint density at radius 2 is 2.29 bits per heavy atom. The molecule has 5 heteroatoms. The van der Waals surface area contributed by atoms with Crippen LogP contribution in [-0.2, 0) is 4.74 Å². The first-order valence-corrected chi connectivity index (χ1v) is 5.51. The van der Waals surface area contributed by atoms with Crippen molar-refractivity contribution >= 4 is 23.0 Å². The molecule has 17 heavy (non-hydrogen) atoms. The number of rotatable bonds is 4. The van der Waals surface area contributed by atoms with Crippen molar-refractivity contribution in [2.75, 3.05) is 19.0 Å². The van der Waals surface area contributed by atoms with E-state index in [4.69, 9.17) is 17.0 Å². The highest BCUT2D eigenvalue weighted by Gasteiger charge is 1.98. The number of benzene rings is 1. The molecule has 0 aliphatic heterocycles. The lowest BCUT2D eigenvalue weighted by atomic mass is 10.3. The van der Waals surface area contributed by atoms with Crippen LogP contribution in [-0.4, -0.2) is 18.8 Å². The molecular formula is C12H15FN2OS. The molecule has 0 aromatic heterocycles. The summed E-state index contributed by atoms with van der Waals surface area (Å²) in [7, 11) is 1.59. The summed E-state index contributed by atoms with van der Waals surface area (Å²) >= 11 is 5.07. The van der Waals surface area contributed by atoms with Gasteiger partial charge >= 0.3 is 0 Å². The maximum absolute atomic E-state index is 12.9. The molecule has 92 valence electrons. The van der Waals surface area contributed by atoms with Gasteiger partial charge in [0.2, 0.25) is 0 Å². The fourth-order valence-electron chi connectivity index (χ4n) is 1.20. The molecule has 0 heterocycles. The van der Waals surface area contributed by atoms with Crippen LogP contribution in [0.4, 0.5) is 10.1 Å². The van der Waals surface area contributed by atoms with Crippen LogP contribution in [0, 0.1) is 5.82 Å². The summed E-state index contributed by atoms with van der Waals surface area (Å²) in [6.07, 6.45) is 1.64. The van der Waals surface area contributed by atoms with Gasteiger partial charge in [-0.2, -0.15) is 0 Å². The summed E-state index contributed by atoms with van der Waals surface area (Å²) in [5.74, 6) is -0.298. The average molecular weight is 254 g/mol. The van der Waals surface area contributed by atoms with Crippen LogP contribution in [0.25, 0.3) is 0 Å². The van der Waals surface area contributed by atoms with Crippen molar-refractivity contribution in [1.82, 2.24) is 5.32 Å². The van der Waals surface area contributed by atoms with E-state index >= 15 is 0 Å². The van der Waals surface area contributed by atoms with Crippen molar-refractivity contribution in [3.05, 3.63) is 41.9 Å². The quantitative estimate of drug-likeness (QED) is 0.639. The van der Waals surface area contributed by atoms with Gasteiger partial charge < -0.3 is 15.4 Å². The molecule has 0 atom stereocenters. The van der Waals surface area contributed by atoms with Gasteiger partial charge in [0.1, 0.15) is 5.82 Å². The van der Waals surface area contributed by atoms with Gasteiger partial charge in [-0.15, -0.1) is 0 Å².